The van der Waals surface area contributed by atoms with Crippen LogP contribution in [0, 0.1) is 0 Å². The molecule has 0 atom stereocenters. The Morgan fingerprint density at radius 1 is 1.17 bits per heavy atom. The highest BCUT2D eigenvalue weighted by Crippen LogP contribution is 2.25. The van der Waals surface area contributed by atoms with Crippen LogP contribution in [-0.4, -0.2) is 72.9 Å². The monoisotopic (exact) mass is 438 g/mol. The van der Waals surface area contributed by atoms with E-state index in [0.29, 0.717) is 50.0 Å². The Morgan fingerprint density at radius 2 is 1.90 bits per heavy atom. The first-order valence-electron chi connectivity index (χ1n) is 9.58. The Balaban J connectivity index is 1.51. The van der Waals surface area contributed by atoms with Crippen molar-refractivity contribution >= 4 is 33.2 Å². The molecule has 1 fully saturated rings. The van der Waals surface area contributed by atoms with Gasteiger partial charge in [-0.1, -0.05) is 13.8 Å². The van der Waals surface area contributed by atoms with Gasteiger partial charge in [0, 0.05) is 56.5 Å². The molecule has 158 valence electrons. The molecule has 0 spiro atoms. The van der Waals surface area contributed by atoms with Crippen LogP contribution >= 0.6 is 11.3 Å². The second-order valence-corrected chi connectivity index (χ2v) is 9.84. The number of piperazine rings is 1. The second-order valence-electron chi connectivity index (χ2n) is 6.51. The van der Waals surface area contributed by atoms with Crippen molar-refractivity contribution in [2.24, 2.45) is 0 Å². The molecule has 0 saturated carbocycles. The zero-order chi connectivity index (χ0) is 20.9. The van der Waals surface area contributed by atoms with E-state index < -0.39 is 10.0 Å². The average molecular weight is 439 g/mol. The van der Waals surface area contributed by atoms with Crippen molar-refractivity contribution in [2.45, 2.75) is 24.6 Å². The molecule has 2 amide bonds. The van der Waals surface area contributed by atoms with Gasteiger partial charge in [0.15, 0.2) is 0 Å². The highest BCUT2D eigenvalue weighted by molar-refractivity contribution is 7.91. The molecule has 0 aromatic carbocycles. The predicted octanol–water partition coefficient (Wildman–Crippen LogP) is 1.60. The number of carbonyl (C=O) groups excluding carboxylic acids is 1. The summed E-state index contributed by atoms with van der Waals surface area (Å²) in [6.07, 6.45) is 5.01. The molecule has 0 bridgehead atoms. The summed E-state index contributed by atoms with van der Waals surface area (Å²) >= 11 is 1.20. The Hall–Kier alpha value is -2.24. The number of thiophene rings is 1. The highest BCUT2D eigenvalue weighted by Gasteiger charge is 2.24. The van der Waals surface area contributed by atoms with Crippen LogP contribution in [0.1, 0.15) is 18.7 Å². The summed E-state index contributed by atoms with van der Waals surface area (Å²) in [6.45, 7) is 7.38. The van der Waals surface area contributed by atoms with E-state index in [2.05, 4.69) is 20.2 Å². The lowest BCUT2D eigenvalue weighted by Gasteiger charge is -2.35. The first-order valence-corrected chi connectivity index (χ1v) is 11.8. The van der Waals surface area contributed by atoms with Gasteiger partial charge < -0.3 is 15.1 Å². The van der Waals surface area contributed by atoms with E-state index in [1.165, 1.54) is 15.6 Å². The molecule has 1 saturated heterocycles. The van der Waals surface area contributed by atoms with Crippen molar-refractivity contribution in [3.05, 3.63) is 35.6 Å². The minimum absolute atomic E-state index is 0.148. The lowest BCUT2D eigenvalue weighted by molar-refractivity contribution is 0.194. The Morgan fingerprint density at radius 3 is 2.52 bits per heavy atom. The van der Waals surface area contributed by atoms with Crippen molar-refractivity contribution in [1.82, 2.24) is 24.5 Å². The van der Waals surface area contributed by atoms with Crippen molar-refractivity contribution in [2.75, 3.05) is 44.2 Å². The standard InChI is InChI=1S/C18H26N6O3S2/c1-3-24(4-2)29(26,27)17-6-5-15(28-17)13-21-18(25)23-11-9-22(10-12-23)16-14-19-7-8-20-16/h5-8,14H,3-4,9-13H2,1-2H3,(H,21,25). The van der Waals surface area contributed by atoms with Crippen molar-refractivity contribution in [1.29, 1.82) is 0 Å². The molecular weight excluding hydrogens is 412 g/mol. The van der Waals surface area contributed by atoms with Crippen molar-refractivity contribution < 1.29 is 13.2 Å². The maximum atomic E-state index is 12.6. The van der Waals surface area contributed by atoms with E-state index in [4.69, 9.17) is 0 Å². The Kier molecular flexibility index (Phi) is 7.04. The molecule has 29 heavy (non-hydrogen) atoms. The maximum Gasteiger partial charge on any atom is 0.317 e. The van der Waals surface area contributed by atoms with Crippen LogP contribution in [0.4, 0.5) is 10.6 Å². The maximum absolute atomic E-state index is 12.6. The zero-order valence-corrected chi connectivity index (χ0v) is 18.2. The van der Waals surface area contributed by atoms with E-state index in [9.17, 15) is 13.2 Å². The zero-order valence-electron chi connectivity index (χ0n) is 16.6. The SMILES string of the molecule is CCN(CC)S(=O)(=O)c1ccc(CNC(=O)N2CCN(c3cnccn3)CC2)s1. The number of nitrogens with one attached hydrogen (secondary N) is 1. The summed E-state index contributed by atoms with van der Waals surface area (Å²) in [5.74, 6) is 0.813. The second kappa shape index (κ2) is 9.51. The Labute approximate surface area is 175 Å². The van der Waals surface area contributed by atoms with E-state index in [-0.39, 0.29) is 6.03 Å². The quantitative estimate of drug-likeness (QED) is 0.705. The van der Waals surface area contributed by atoms with Crippen LogP contribution in [0.15, 0.2) is 34.9 Å². The number of carbonyl (C=O) groups is 1. The molecule has 0 aliphatic carbocycles. The van der Waals surface area contributed by atoms with Gasteiger partial charge in [-0.3, -0.25) is 4.98 Å². The third-order valence-corrected chi connectivity index (χ3v) is 8.39. The minimum Gasteiger partial charge on any atom is -0.352 e. The number of aromatic nitrogens is 2. The molecule has 11 heteroatoms. The molecule has 1 N–H and O–H groups in total. The van der Waals surface area contributed by atoms with Gasteiger partial charge in [-0.25, -0.2) is 18.2 Å². The number of amides is 2. The predicted molar refractivity (Wildman–Crippen MR) is 112 cm³/mol. The number of nitrogens with zero attached hydrogens (tertiary/aromatic N) is 5. The van der Waals surface area contributed by atoms with Crippen LogP contribution in [0.5, 0.6) is 0 Å². The number of hydrogen-bond acceptors (Lipinski definition) is 7. The summed E-state index contributed by atoms with van der Waals surface area (Å²) in [5.41, 5.74) is 0. The summed E-state index contributed by atoms with van der Waals surface area (Å²) in [6, 6.07) is 3.22. The average Bonchev–Trinajstić information content (AvgIpc) is 3.23. The van der Waals surface area contributed by atoms with Gasteiger partial charge in [-0.15, -0.1) is 11.3 Å². The summed E-state index contributed by atoms with van der Waals surface area (Å²) in [7, 11) is -3.46. The van der Waals surface area contributed by atoms with Gasteiger partial charge in [0.2, 0.25) is 0 Å². The third kappa shape index (κ3) is 5.03. The van der Waals surface area contributed by atoms with E-state index >= 15 is 0 Å². The number of hydrogen-bond donors (Lipinski definition) is 1. The molecule has 3 heterocycles. The number of urea groups is 1. The first kappa shape index (κ1) is 21.5. The molecular formula is C18H26N6O3S2. The molecule has 1 aliphatic heterocycles. The lowest BCUT2D eigenvalue weighted by Crippen LogP contribution is -2.51. The van der Waals surface area contributed by atoms with Gasteiger partial charge in [0.1, 0.15) is 10.0 Å². The van der Waals surface area contributed by atoms with Crippen LogP contribution in [0.3, 0.4) is 0 Å². The van der Waals surface area contributed by atoms with Crippen molar-refractivity contribution in [3.8, 4) is 0 Å². The van der Waals surface area contributed by atoms with Crippen molar-refractivity contribution in [3.63, 3.8) is 0 Å². The van der Waals surface area contributed by atoms with Gasteiger partial charge in [0.05, 0.1) is 12.7 Å². The smallest absolute Gasteiger partial charge is 0.317 e. The van der Waals surface area contributed by atoms with Gasteiger partial charge in [0.25, 0.3) is 10.0 Å². The molecule has 0 unspecified atom stereocenters. The van der Waals surface area contributed by atoms with E-state index in [0.717, 1.165) is 10.7 Å². The fourth-order valence-electron chi connectivity index (χ4n) is 3.15. The fraction of sp³-hybridized carbons (Fsp3) is 0.500. The number of sulfonamides is 1. The fourth-order valence-corrected chi connectivity index (χ4v) is 6.06. The molecule has 2 aromatic heterocycles. The normalized spacial score (nSPS) is 15.0. The summed E-state index contributed by atoms with van der Waals surface area (Å²) < 4.78 is 26.9. The molecule has 1 aliphatic rings. The topological polar surface area (TPSA) is 98.7 Å². The number of rotatable bonds is 7. The third-order valence-electron chi connectivity index (χ3n) is 4.79. The molecule has 2 aromatic rings. The molecule has 9 nitrogen and oxygen atoms in total. The lowest BCUT2D eigenvalue weighted by atomic mass is 10.3. The highest BCUT2D eigenvalue weighted by atomic mass is 32.2. The summed E-state index contributed by atoms with van der Waals surface area (Å²) in [4.78, 5) is 25.5. The van der Waals surface area contributed by atoms with Crippen LogP contribution in [0.2, 0.25) is 0 Å². The van der Waals surface area contributed by atoms with Crippen LogP contribution in [-0.2, 0) is 16.6 Å². The van der Waals surface area contributed by atoms with Gasteiger partial charge >= 0.3 is 6.03 Å². The number of anilines is 1. The first-order chi connectivity index (χ1) is 14.0. The largest absolute Gasteiger partial charge is 0.352 e. The molecule has 0 radical (unpaired) electrons. The summed E-state index contributed by atoms with van der Waals surface area (Å²) in [5, 5.41) is 2.89. The minimum atomic E-state index is -3.46. The van der Waals surface area contributed by atoms with Crippen LogP contribution < -0.4 is 10.2 Å². The van der Waals surface area contributed by atoms with E-state index in [1.54, 1.807) is 35.6 Å². The van der Waals surface area contributed by atoms with Gasteiger partial charge in [-0.05, 0) is 12.1 Å². The van der Waals surface area contributed by atoms with Gasteiger partial charge in [-0.2, -0.15) is 4.31 Å². The van der Waals surface area contributed by atoms with Crippen LogP contribution in [0.25, 0.3) is 0 Å². The Bertz CT molecular complexity index is 907. The molecule has 3 rings (SSSR count). The van der Waals surface area contributed by atoms with E-state index in [1.807, 2.05) is 13.8 Å².